The van der Waals surface area contributed by atoms with Gasteiger partial charge >= 0.3 is 0 Å². The van der Waals surface area contributed by atoms with Crippen molar-refractivity contribution in [3.63, 3.8) is 0 Å². The van der Waals surface area contributed by atoms with Gasteiger partial charge in [-0.3, -0.25) is 4.98 Å². The number of aromatic nitrogens is 3. The number of hydrogen-bond acceptors (Lipinski definition) is 5. The molecule has 0 radical (unpaired) electrons. The molecule has 0 saturated heterocycles. The van der Waals surface area contributed by atoms with Crippen molar-refractivity contribution in [2.75, 3.05) is 5.43 Å². The molecule has 1 aliphatic carbocycles. The molecule has 0 unspecified atom stereocenters. The highest BCUT2D eigenvalue weighted by Gasteiger charge is 2.26. The fourth-order valence-corrected chi connectivity index (χ4v) is 1.86. The van der Waals surface area contributed by atoms with Crippen molar-refractivity contribution in [3.8, 4) is 11.4 Å². The van der Waals surface area contributed by atoms with Crippen LogP contribution in [-0.4, -0.2) is 15.0 Å². The molecule has 0 atom stereocenters. The van der Waals surface area contributed by atoms with Gasteiger partial charge in [0.15, 0.2) is 5.82 Å². The largest absolute Gasteiger partial charge is 0.308 e. The number of nitrogen functional groups attached to an aromatic ring is 1. The number of anilines is 1. The van der Waals surface area contributed by atoms with Gasteiger partial charge in [0.05, 0.1) is 0 Å². The summed E-state index contributed by atoms with van der Waals surface area (Å²) < 4.78 is 0. The molecule has 2 heterocycles. The van der Waals surface area contributed by atoms with E-state index in [9.17, 15) is 0 Å². The molecule has 5 heteroatoms. The molecule has 92 valence electrons. The van der Waals surface area contributed by atoms with Crippen LogP contribution in [0.2, 0.25) is 0 Å². The molecular weight excluding hydrogens is 226 g/mol. The van der Waals surface area contributed by atoms with Crippen LogP contribution in [0, 0.1) is 6.92 Å². The fraction of sp³-hybridized carbons (Fsp3) is 0.308. The Morgan fingerprint density at radius 3 is 2.72 bits per heavy atom. The van der Waals surface area contributed by atoms with Crippen LogP contribution in [0.15, 0.2) is 24.4 Å². The van der Waals surface area contributed by atoms with Gasteiger partial charge in [0, 0.05) is 35.1 Å². The van der Waals surface area contributed by atoms with E-state index in [1.54, 1.807) is 6.20 Å². The van der Waals surface area contributed by atoms with Gasteiger partial charge in [-0.25, -0.2) is 15.8 Å². The average molecular weight is 241 g/mol. The standard InChI is InChI=1S/C13H15N5/c1-8-2-3-10(7-15-8)13-16-11(9-4-5-9)6-12(17-13)18-14/h2-3,6-7,9H,4-5,14H2,1H3,(H,16,17,18). The zero-order chi connectivity index (χ0) is 12.5. The van der Waals surface area contributed by atoms with Gasteiger partial charge in [0.25, 0.3) is 0 Å². The molecule has 1 fully saturated rings. The lowest BCUT2D eigenvalue weighted by atomic mass is 10.2. The Hall–Kier alpha value is -2.01. The van der Waals surface area contributed by atoms with Crippen molar-refractivity contribution in [1.82, 2.24) is 15.0 Å². The molecule has 2 aromatic heterocycles. The first-order valence-corrected chi connectivity index (χ1v) is 6.05. The maximum atomic E-state index is 5.45. The molecule has 0 aliphatic heterocycles. The second-order valence-corrected chi connectivity index (χ2v) is 4.61. The van der Waals surface area contributed by atoms with Gasteiger partial charge in [-0.15, -0.1) is 0 Å². The number of rotatable bonds is 3. The van der Waals surface area contributed by atoms with Crippen LogP contribution < -0.4 is 11.3 Å². The summed E-state index contributed by atoms with van der Waals surface area (Å²) in [5.41, 5.74) is 5.56. The first kappa shape index (κ1) is 11.1. The summed E-state index contributed by atoms with van der Waals surface area (Å²) in [6.45, 7) is 1.96. The maximum Gasteiger partial charge on any atom is 0.163 e. The highest BCUT2D eigenvalue weighted by atomic mass is 15.3. The minimum Gasteiger partial charge on any atom is -0.308 e. The topological polar surface area (TPSA) is 76.7 Å². The second kappa shape index (κ2) is 4.34. The summed E-state index contributed by atoms with van der Waals surface area (Å²) >= 11 is 0. The number of hydrazine groups is 1. The predicted octanol–water partition coefficient (Wildman–Crippen LogP) is 2.01. The third-order valence-corrected chi connectivity index (χ3v) is 3.06. The van der Waals surface area contributed by atoms with Crippen molar-refractivity contribution in [2.24, 2.45) is 5.84 Å². The number of nitrogens with zero attached hydrogens (tertiary/aromatic N) is 3. The predicted molar refractivity (Wildman–Crippen MR) is 69.8 cm³/mol. The molecule has 1 saturated carbocycles. The zero-order valence-electron chi connectivity index (χ0n) is 10.2. The van der Waals surface area contributed by atoms with Crippen LogP contribution >= 0.6 is 0 Å². The lowest BCUT2D eigenvalue weighted by molar-refractivity contribution is 0.989. The van der Waals surface area contributed by atoms with Crippen LogP contribution in [-0.2, 0) is 0 Å². The van der Waals surface area contributed by atoms with Crippen molar-refractivity contribution < 1.29 is 0 Å². The Balaban J connectivity index is 2.04. The van der Waals surface area contributed by atoms with E-state index in [4.69, 9.17) is 5.84 Å². The Labute approximate surface area is 105 Å². The number of nitrogens with two attached hydrogens (primary N) is 1. The van der Waals surface area contributed by atoms with E-state index in [1.807, 2.05) is 25.1 Å². The van der Waals surface area contributed by atoms with Gasteiger partial charge in [0.2, 0.25) is 0 Å². The van der Waals surface area contributed by atoms with E-state index < -0.39 is 0 Å². The maximum absolute atomic E-state index is 5.45. The lowest BCUT2D eigenvalue weighted by Crippen LogP contribution is -2.10. The lowest BCUT2D eigenvalue weighted by Gasteiger charge is -2.07. The highest BCUT2D eigenvalue weighted by molar-refractivity contribution is 5.56. The number of aryl methyl sites for hydroxylation is 1. The van der Waals surface area contributed by atoms with Crippen LogP contribution in [0.25, 0.3) is 11.4 Å². The quantitative estimate of drug-likeness (QED) is 0.635. The fourth-order valence-electron chi connectivity index (χ4n) is 1.86. The van der Waals surface area contributed by atoms with Crippen LogP contribution in [0.1, 0.15) is 30.1 Å². The normalized spacial score (nSPS) is 14.6. The Bertz CT molecular complexity index is 560. The summed E-state index contributed by atoms with van der Waals surface area (Å²) in [6, 6.07) is 5.86. The smallest absolute Gasteiger partial charge is 0.163 e. The van der Waals surface area contributed by atoms with E-state index in [0.717, 1.165) is 17.0 Å². The molecule has 1 aliphatic rings. The van der Waals surface area contributed by atoms with E-state index in [2.05, 4.69) is 20.4 Å². The number of pyridine rings is 1. The third-order valence-electron chi connectivity index (χ3n) is 3.06. The van der Waals surface area contributed by atoms with E-state index in [-0.39, 0.29) is 0 Å². The molecule has 3 N–H and O–H groups in total. The number of nitrogens with one attached hydrogen (secondary N) is 1. The van der Waals surface area contributed by atoms with Crippen molar-refractivity contribution in [3.05, 3.63) is 35.8 Å². The second-order valence-electron chi connectivity index (χ2n) is 4.61. The third kappa shape index (κ3) is 2.17. The van der Waals surface area contributed by atoms with Gasteiger partial charge in [-0.1, -0.05) is 0 Å². The highest BCUT2D eigenvalue weighted by Crippen LogP contribution is 2.40. The van der Waals surface area contributed by atoms with Crippen molar-refractivity contribution >= 4 is 5.82 Å². The molecule has 0 amide bonds. The molecule has 3 rings (SSSR count). The summed E-state index contributed by atoms with van der Waals surface area (Å²) in [5, 5.41) is 0. The monoisotopic (exact) mass is 241 g/mol. The first-order chi connectivity index (χ1) is 8.76. The Morgan fingerprint density at radius 2 is 2.11 bits per heavy atom. The minimum absolute atomic E-state index is 0.567. The van der Waals surface area contributed by atoms with E-state index in [0.29, 0.717) is 17.6 Å². The average Bonchev–Trinajstić information content (AvgIpc) is 3.23. The van der Waals surface area contributed by atoms with Crippen molar-refractivity contribution in [2.45, 2.75) is 25.7 Å². The van der Waals surface area contributed by atoms with Gasteiger partial charge in [-0.05, 0) is 31.9 Å². The summed E-state index contributed by atoms with van der Waals surface area (Å²) in [5.74, 6) is 7.36. The molecule has 0 aromatic carbocycles. The van der Waals surface area contributed by atoms with Crippen LogP contribution in [0.5, 0.6) is 0 Å². The molecular formula is C13H15N5. The van der Waals surface area contributed by atoms with Gasteiger partial charge in [-0.2, -0.15) is 0 Å². The molecule has 5 nitrogen and oxygen atoms in total. The Morgan fingerprint density at radius 1 is 1.28 bits per heavy atom. The summed E-state index contributed by atoms with van der Waals surface area (Å²) in [4.78, 5) is 13.2. The van der Waals surface area contributed by atoms with Gasteiger partial charge < -0.3 is 5.43 Å². The van der Waals surface area contributed by atoms with Crippen LogP contribution in [0.3, 0.4) is 0 Å². The van der Waals surface area contributed by atoms with Crippen molar-refractivity contribution in [1.29, 1.82) is 0 Å². The van der Waals surface area contributed by atoms with Crippen LogP contribution in [0.4, 0.5) is 5.82 Å². The zero-order valence-corrected chi connectivity index (χ0v) is 10.2. The molecule has 2 aromatic rings. The first-order valence-electron chi connectivity index (χ1n) is 6.05. The van der Waals surface area contributed by atoms with E-state index in [1.165, 1.54) is 12.8 Å². The SMILES string of the molecule is Cc1ccc(-c2nc(NN)cc(C3CC3)n2)cn1. The summed E-state index contributed by atoms with van der Waals surface area (Å²) in [7, 11) is 0. The molecule has 18 heavy (non-hydrogen) atoms. The van der Waals surface area contributed by atoms with Gasteiger partial charge in [0.1, 0.15) is 5.82 Å². The Kier molecular flexibility index (Phi) is 2.68. The van der Waals surface area contributed by atoms with E-state index >= 15 is 0 Å². The number of hydrogen-bond donors (Lipinski definition) is 2. The molecule has 0 spiro atoms. The summed E-state index contributed by atoms with van der Waals surface area (Å²) in [6.07, 6.45) is 4.20. The molecule has 0 bridgehead atoms. The minimum atomic E-state index is 0.567.